The van der Waals surface area contributed by atoms with Gasteiger partial charge in [0.05, 0.1) is 13.7 Å². The normalized spacial score (nSPS) is 11.8. The van der Waals surface area contributed by atoms with Crippen LogP contribution in [0.3, 0.4) is 0 Å². The highest BCUT2D eigenvalue weighted by atomic mass is 16.5. The van der Waals surface area contributed by atoms with E-state index in [1.807, 2.05) is 54.3 Å². The second-order valence-corrected chi connectivity index (χ2v) is 7.46. The van der Waals surface area contributed by atoms with Crippen molar-refractivity contribution in [3.8, 4) is 22.6 Å². The van der Waals surface area contributed by atoms with Crippen molar-refractivity contribution in [2.24, 2.45) is 0 Å². The van der Waals surface area contributed by atoms with Crippen LogP contribution in [0.2, 0.25) is 0 Å². The highest BCUT2D eigenvalue weighted by Crippen LogP contribution is 2.22. The number of aliphatic hydroxyl groups excluding tert-OH is 1. The first-order valence-electron chi connectivity index (χ1n) is 10.7. The van der Waals surface area contributed by atoms with E-state index < -0.39 is 6.10 Å². The molecule has 3 aromatic rings. The van der Waals surface area contributed by atoms with Gasteiger partial charge in [0.2, 0.25) is 5.91 Å². The third kappa shape index (κ3) is 7.11. The van der Waals surface area contributed by atoms with Gasteiger partial charge >= 0.3 is 0 Å². The van der Waals surface area contributed by atoms with Crippen molar-refractivity contribution in [1.82, 2.24) is 4.90 Å². The quantitative estimate of drug-likeness (QED) is 0.476. The summed E-state index contributed by atoms with van der Waals surface area (Å²) in [6, 6.07) is 25.1. The number of rotatable bonds is 11. The van der Waals surface area contributed by atoms with Gasteiger partial charge in [0.25, 0.3) is 0 Å². The number of anilines is 1. The van der Waals surface area contributed by atoms with Gasteiger partial charge in [-0.05, 0) is 54.1 Å². The SMILES string of the molecule is CCN(CC(=O)Nc1ccc(OC)cc1)C[C@H](O)COc1ccc(-c2ccccc2)cc1. The molecule has 0 radical (unpaired) electrons. The molecule has 0 heterocycles. The van der Waals surface area contributed by atoms with Crippen LogP contribution in [0.1, 0.15) is 6.92 Å². The monoisotopic (exact) mass is 434 g/mol. The van der Waals surface area contributed by atoms with E-state index in [1.165, 1.54) is 0 Å². The zero-order chi connectivity index (χ0) is 22.8. The molecule has 0 unspecified atom stereocenters. The maximum absolute atomic E-state index is 12.3. The standard InChI is InChI=1S/C26H30N2O4/c1-3-28(18-26(30)27-22-11-15-24(31-2)16-12-22)17-23(29)19-32-25-13-9-21(10-14-25)20-7-5-4-6-8-20/h4-16,23,29H,3,17-19H2,1-2H3,(H,27,30)/t23-/m0/s1. The molecule has 1 atom stereocenters. The van der Waals surface area contributed by atoms with Crippen LogP contribution in [-0.4, -0.2) is 55.4 Å². The predicted molar refractivity (Wildman–Crippen MR) is 127 cm³/mol. The topological polar surface area (TPSA) is 71.0 Å². The molecule has 168 valence electrons. The average Bonchev–Trinajstić information content (AvgIpc) is 2.83. The maximum Gasteiger partial charge on any atom is 0.238 e. The van der Waals surface area contributed by atoms with Crippen molar-refractivity contribution in [1.29, 1.82) is 0 Å². The molecule has 0 spiro atoms. The summed E-state index contributed by atoms with van der Waals surface area (Å²) in [4.78, 5) is 14.2. The molecule has 32 heavy (non-hydrogen) atoms. The minimum Gasteiger partial charge on any atom is -0.497 e. The lowest BCUT2D eigenvalue weighted by Gasteiger charge is -2.23. The van der Waals surface area contributed by atoms with Crippen molar-refractivity contribution in [2.75, 3.05) is 38.7 Å². The van der Waals surface area contributed by atoms with Crippen LogP contribution in [0.4, 0.5) is 5.69 Å². The predicted octanol–water partition coefficient (Wildman–Crippen LogP) is 4.06. The van der Waals surface area contributed by atoms with Crippen LogP contribution in [0.15, 0.2) is 78.9 Å². The Bertz CT molecular complexity index is 959. The van der Waals surface area contributed by atoms with Gasteiger partial charge < -0.3 is 19.9 Å². The van der Waals surface area contributed by atoms with Crippen molar-refractivity contribution < 1.29 is 19.4 Å². The van der Waals surface area contributed by atoms with Crippen molar-refractivity contribution >= 4 is 11.6 Å². The Balaban J connectivity index is 1.44. The van der Waals surface area contributed by atoms with E-state index in [0.29, 0.717) is 24.5 Å². The van der Waals surface area contributed by atoms with Gasteiger partial charge in [-0.3, -0.25) is 9.69 Å². The molecule has 0 aliphatic heterocycles. The van der Waals surface area contributed by atoms with E-state index in [1.54, 1.807) is 31.4 Å². The fraction of sp³-hybridized carbons (Fsp3) is 0.269. The Labute approximate surface area is 189 Å². The Morgan fingerprint density at radius 3 is 2.19 bits per heavy atom. The lowest BCUT2D eigenvalue weighted by atomic mass is 10.1. The zero-order valence-electron chi connectivity index (χ0n) is 18.5. The van der Waals surface area contributed by atoms with E-state index in [-0.39, 0.29) is 19.1 Å². The highest BCUT2D eigenvalue weighted by molar-refractivity contribution is 5.92. The third-order valence-corrected chi connectivity index (χ3v) is 5.06. The lowest BCUT2D eigenvalue weighted by Crippen LogP contribution is -2.40. The second kappa shape index (κ2) is 11.9. The van der Waals surface area contributed by atoms with Gasteiger partial charge in [0.15, 0.2) is 0 Å². The molecule has 0 aromatic heterocycles. The van der Waals surface area contributed by atoms with Gasteiger partial charge in [0.1, 0.15) is 24.2 Å². The maximum atomic E-state index is 12.3. The zero-order valence-corrected chi connectivity index (χ0v) is 18.5. The minimum atomic E-state index is -0.711. The summed E-state index contributed by atoms with van der Waals surface area (Å²) in [5, 5.41) is 13.3. The number of likely N-dealkylation sites (N-methyl/N-ethyl adjacent to an activating group) is 1. The summed E-state index contributed by atoms with van der Waals surface area (Å²) in [5.41, 5.74) is 2.96. The first-order valence-corrected chi connectivity index (χ1v) is 10.7. The smallest absolute Gasteiger partial charge is 0.238 e. The minimum absolute atomic E-state index is 0.137. The number of benzene rings is 3. The largest absolute Gasteiger partial charge is 0.497 e. The molecule has 1 amide bonds. The Kier molecular flexibility index (Phi) is 8.66. The number of carbonyl (C=O) groups is 1. The number of ether oxygens (including phenoxy) is 2. The Morgan fingerprint density at radius 1 is 0.938 bits per heavy atom. The van der Waals surface area contributed by atoms with E-state index >= 15 is 0 Å². The molecule has 6 heteroatoms. The summed E-state index contributed by atoms with van der Waals surface area (Å²) in [7, 11) is 1.60. The van der Waals surface area contributed by atoms with E-state index in [4.69, 9.17) is 9.47 Å². The average molecular weight is 435 g/mol. The number of methoxy groups -OCH3 is 1. The van der Waals surface area contributed by atoms with E-state index in [9.17, 15) is 9.90 Å². The van der Waals surface area contributed by atoms with E-state index in [0.717, 1.165) is 16.9 Å². The fourth-order valence-corrected chi connectivity index (χ4v) is 3.30. The molecule has 0 aliphatic carbocycles. The van der Waals surface area contributed by atoms with Gasteiger partial charge in [-0.15, -0.1) is 0 Å². The fourth-order valence-electron chi connectivity index (χ4n) is 3.30. The van der Waals surface area contributed by atoms with Gasteiger partial charge in [-0.2, -0.15) is 0 Å². The molecule has 3 rings (SSSR count). The molecule has 6 nitrogen and oxygen atoms in total. The van der Waals surface area contributed by atoms with E-state index in [2.05, 4.69) is 17.4 Å². The molecule has 3 aromatic carbocycles. The highest BCUT2D eigenvalue weighted by Gasteiger charge is 2.15. The van der Waals surface area contributed by atoms with Crippen LogP contribution >= 0.6 is 0 Å². The number of hydrogen-bond acceptors (Lipinski definition) is 5. The van der Waals surface area contributed by atoms with Gasteiger partial charge in [-0.25, -0.2) is 0 Å². The summed E-state index contributed by atoms with van der Waals surface area (Å²) < 4.78 is 10.9. The third-order valence-electron chi connectivity index (χ3n) is 5.06. The first kappa shape index (κ1) is 23.3. The Hall–Kier alpha value is -3.35. The number of hydrogen-bond donors (Lipinski definition) is 2. The number of nitrogens with zero attached hydrogens (tertiary/aromatic N) is 1. The molecule has 0 saturated heterocycles. The van der Waals surface area contributed by atoms with Crippen molar-refractivity contribution in [3.63, 3.8) is 0 Å². The molecular weight excluding hydrogens is 404 g/mol. The number of aliphatic hydroxyl groups is 1. The number of carbonyl (C=O) groups excluding carboxylic acids is 1. The molecule has 0 saturated carbocycles. The first-order chi connectivity index (χ1) is 15.6. The lowest BCUT2D eigenvalue weighted by molar-refractivity contribution is -0.117. The van der Waals surface area contributed by atoms with Crippen LogP contribution in [-0.2, 0) is 4.79 Å². The summed E-state index contributed by atoms with van der Waals surface area (Å²) >= 11 is 0. The van der Waals surface area contributed by atoms with Crippen LogP contribution in [0, 0.1) is 0 Å². The van der Waals surface area contributed by atoms with Crippen LogP contribution in [0.25, 0.3) is 11.1 Å². The molecular formula is C26H30N2O4. The molecule has 0 bridgehead atoms. The Morgan fingerprint density at radius 2 is 1.56 bits per heavy atom. The summed E-state index contributed by atoms with van der Waals surface area (Å²) in [6.07, 6.45) is -0.711. The van der Waals surface area contributed by atoms with Gasteiger partial charge in [-0.1, -0.05) is 49.4 Å². The number of amides is 1. The summed E-state index contributed by atoms with van der Waals surface area (Å²) in [6.45, 7) is 3.27. The van der Waals surface area contributed by atoms with Gasteiger partial charge in [0, 0.05) is 12.2 Å². The van der Waals surface area contributed by atoms with Crippen LogP contribution in [0.5, 0.6) is 11.5 Å². The van der Waals surface area contributed by atoms with Crippen molar-refractivity contribution in [2.45, 2.75) is 13.0 Å². The number of nitrogens with one attached hydrogen (secondary N) is 1. The molecule has 2 N–H and O–H groups in total. The second-order valence-electron chi connectivity index (χ2n) is 7.46. The molecule has 0 fully saturated rings. The van der Waals surface area contributed by atoms with Crippen molar-refractivity contribution in [3.05, 3.63) is 78.9 Å². The van der Waals surface area contributed by atoms with Crippen LogP contribution < -0.4 is 14.8 Å². The summed E-state index contributed by atoms with van der Waals surface area (Å²) in [5.74, 6) is 1.29. The molecule has 0 aliphatic rings.